The average Bonchev–Trinajstić information content (AvgIpc) is 2.55. The van der Waals surface area contributed by atoms with Crippen molar-refractivity contribution in [3.63, 3.8) is 0 Å². The lowest BCUT2D eigenvalue weighted by atomic mass is 10.2. The van der Waals surface area contributed by atoms with E-state index in [1.165, 1.54) is 0 Å². The first-order valence-corrected chi connectivity index (χ1v) is 5.06. The predicted octanol–water partition coefficient (Wildman–Crippen LogP) is 2.39. The Bertz CT molecular complexity index is 346. The highest BCUT2D eigenvalue weighted by Gasteiger charge is 2.46. The number of nitrogens with zero attached hydrogens (tertiary/aromatic N) is 3. The molecule has 1 saturated carbocycles. The maximum Gasteiger partial charge on any atom is 0.228 e. The van der Waals surface area contributed by atoms with E-state index in [-0.39, 0.29) is 10.6 Å². The van der Waals surface area contributed by atoms with Crippen molar-refractivity contribution >= 4 is 29.2 Å². The second kappa shape index (κ2) is 3.21. The molecule has 1 unspecified atom stereocenters. The molecule has 1 aliphatic rings. The Hall–Kier alpha value is -0.610. The highest BCUT2D eigenvalue weighted by molar-refractivity contribution is 6.31. The number of anilines is 1. The Kier molecular flexibility index (Phi) is 2.27. The smallest absolute Gasteiger partial charge is 0.228 e. The Morgan fingerprint density at radius 1 is 1.21 bits per heavy atom. The van der Waals surface area contributed by atoms with Crippen LogP contribution in [0.15, 0.2) is 0 Å². The van der Waals surface area contributed by atoms with Crippen molar-refractivity contribution in [1.29, 1.82) is 0 Å². The SMILES string of the molecule is CC1(C)CC1Nc1nc(Cl)nc(Cl)n1. The first-order chi connectivity index (χ1) is 6.47. The maximum atomic E-state index is 5.64. The van der Waals surface area contributed by atoms with Crippen LogP contribution < -0.4 is 5.32 Å². The van der Waals surface area contributed by atoms with Crippen LogP contribution in [0.3, 0.4) is 0 Å². The topological polar surface area (TPSA) is 50.7 Å². The lowest BCUT2D eigenvalue weighted by molar-refractivity contribution is 0.628. The molecule has 4 nitrogen and oxygen atoms in total. The van der Waals surface area contributed by atoms with Gasteiger partial charge in [0.2, 0.25) is 16.5 Å². The van der Waals surface area contributed by atoms with Gasteiger partial charge in [-0.1, -0.05) is 13.8 Å². The molecule has 1 heterocycles. The first kappa shape index (κ1) is 9.93. The normalized spacial score (nSPS) is 23.3. The molecule has 1 fully saturated rings. The van der Waals surface area contributed by atoms with Gasteiger partial charge < -0.3 is 5.32 Å². The molecule has 0 saturated heterocycles. The zero-order chi connectivity index (χ0) is 10.3. The van der Waals surface area contributed by atoms with Gasteiger partial charge in [0.25, 0.3) is 0 Å². The first-order valence-electron chi connectivity index (χ1n) is 4.31. The van der Waals surface area contributed by atoms with Gasteiger partial charge in [-0.25, -0.2) is 0 Å². The molecule has 76 valence electrons. The van der Waals surface area contributed by atoms with E-state index in [1.54, 1.807) is 0 Å². The summed E-state index contributed by atoms with van der Waals surface area (Å²) in [6.07, 6.45) is 1.11. The summed E-state index contributed by atoms with van der Waals surface area (Å²) in [4.78, 5) is 11.5. The van der Waals surface area contributed by atoms with E-state index >= 15 is 0 Å². The van der Waals surface area contributed by atoms with E-state index in [9.17, 15) is 0 Å². The molecule has 6 heteroatoms. The standard InChI is InChI=1S/C8H10Cl2N4/c1-8(2)3-4(8)11-7-13-5(9)12-6(10)14-7/h4H,3H2,1-2H3,(H,11,12,13,14). The quantitative estimate of drug-likeness (QED) is 0.851. The van der Waals surface area contributed by atoms with Gasteiger partial charge in [0.1, 0.15) is 0 Å². The molecule has 2 rings (SSSR count). The molecule has 0 spiro atoms. The summed E-state index contributed by atoms with van der Waals surface area (Å²) >= 11 is 11.3. The van der Waals surface area contributed by atoms with Crippen molar-refractivity contribution in [3.8, 4) is 0 Å². The van der Waals surface area contributed by atoms with Crippen LogP contribution in [-0.2, 0) is 0 Å². The molecule has 0 aliphatic heterocycles. The summed E-state index contributed by atoms with van der Waals surface area (Å²) < 4.78 is 0. The summed E-state index contributed by atoms with van der Waals surface area (Å²) in [6, 6.07) is 0.400. The molecular formula is C8H10Cl2N4. The van der Waals surface area contributed by atoms with Crippen molar-refractivity contribution in [3.05, 3.63) is 10.6 Å². The van der Waals surface area contributed by atoms with Crippen LogP contribution in [0.2, 0.25) is 10.6 Å². The number of rotatable bonds is 2. The minimum absolute atomic E-state index is 0.117. The Labute approximate surface area is 92.1 Å². The van der Waals surface area contributed by atoms with E-state index in [4.69, 9.17) is 23.2 Å². The Morgan fingerprint density at radius 2 is 1.71 bits per heavy atom. The molecule has 0 amide bonds. The molecule has 14 heavy (non-hydrogen) atoms. The van der Waals surface area contributed by atoms with Crippen molar-refractivity contribution in [2.24, 2.45) is 5.41 Å². The monoisotopic (exact) mass is 232 g/mol. The lowest BCUT2D eigenvalue weighted by Crippen LogP contribution is -2.11. The van der Waals surface area contributed by atoms with Gasteiger partial charge in [-0.3, -0.25) is 0 Å². The molecule has 1 aromatic rings. The van der Waals surface area contributed by atoms with Crippen molar-refractivity contribution in [2.45, 2.75) is 26.3 Å². The third-order valence-corrected chi connectivity index (χ3v) is 2.74. The van der Waals surface area contributed by atoms with Gasteiger partial charge in [-0.15, -0.1) is 0 Å². The Balaban J connectivity index is 2.10. The summed E-state index contributed by atoms with van der Waals surface area (Å²) in [7, 11) is 0. The second-order valence-corrected chi connectivity index (χ2v) is 4.76. The van der Waals surface area contributed by atoms with Crippen LogP contribution in [0.25, 0.3) is 0 Å². The molecule has 1 aliphatic carbocycles. The summed E-state index contributed by atoms with van der Waals surface area (Å²) in [5, 5.41) is 3.39. The molecule has 1 aromatic heterocycles. The molecule has 1 atom stereocenters. The summed E-state index contributed by atoms with van der Waals surface area (Å²) in [6.45, 7) is 4.35. The van der Waals surface area contributed by atoms with E-state index < -0.39 is 0 Å². The zero-order valence-electron chi connectivity index (χ0n) is 7.88. The third kappa shape index (κ3) is 2.07. The van der Waals surface area contributed by atoms with Gasteiger partial charge >= 0.3 is 0 Å². The van der Waals surface area contributed by atoms with Gasteiger partial charge in [-0.2, -0.15) is 15.0 Å². The third-order valence-electron chi connectivity index (χ3n) is 2.40. The van der Waals surface area contributed by atoms with Crippen LogP contribution in [0, 0.1) is 5.41 Å². The fraction of sp³-hybridized carbons (Fsp3) is 0.625. The highest BCUT2D eigenvalue weighted by atomic mass is 35.5. The molecule has 0 bridgehead atoms. The van der Waals surface area contributed by atoms with Crippen LogP contribution in [0.5, 0.6) is 0 Å². The maximum absolute atomic E-state index is 5.64. The predicted molar refractivity (Wildman–Crippen MR) is 55.7 cm³/mol. The Morgan fingerprint density at radius 3 is 2.14 bits per heavy atom. The minimum Gasteiger partial charge on any atom is -0.351 e. The van der Waals surface area contributed by atoms with E-state index in [0.717, 1.165) is 6.42 Å². The summed E-state index contributed by atoms with van der Waals surface area (Å²) in [5.74, 6) is 0.450. The van der Waals surface area contributed by atoms with Crippen LogP contribution in [0.1, 0.15) is 20.3 Å². The largest absolute Gasteiger partial charge is 0.351 e. The van der Waals surface area contributed by atoms with E-state index in [0.29, 0.717) is 17.4 Å². The molecule has 0 radical (unpaired) electrons. The number of nitrogens with one attached hydrogen (secondary N) is 1. The fourth-order valence-corrected chi connectivity index (χ4v) is 1.62. The van der Waals surface area contributed by atoms with Crippen LogP contribution in [-0.4, -0.2) is 21.0 Å². The van der Waals surface area contributed by atoms with E-state index in [1.807, 2.05) is 0 Å². The minimum atomic E-state index is 0.117. The second-order valence-electron chi connectivity index (χ2n) is 4.09. The van der Waals surface area contributed by atoms with Crippen molar-refractivity contribution in [1.82, 2.24) is 15.0 Å². The zero-order valence-corrected chi connectivity index (χ0v) is 9.39. The van der Waals surface area contributed by atoms with Gasteiger partial charge in [0, 0.05) is 6.04 Å². The van der Waals surface area contributed by atoms with Crippen LogP contribution >= 0.6 is 23.2 Å². The number of aromatic nitrogens is 3. The average molecular weight is 233 g/mol. The number of halogens is 2. The van der Waals surface area contributed by atoms with Crippen molar-refractivity contribution < 1.29 is 0 Å². The summed E-state index contributed by atoms with van der Waals surface area (Å²) in [5.41, 5.74) is 0.311. The number of hydrogen-bond acceptors (Lipinski definition) is 4. The van der Waals surface area contributed by atoms with Crippen LogP contribution in [0.4, 0.5) is 5.95 Å². The van der Waals surface area contributed by atoms with Gasteiger partial charge in [0.05, 0.1) is 0 Å². The number of hydrogen-bond donors (Lipinski definition) is 1. The highest BCUT2D eigenvalue weighted by Crippen LogP contribution is 2.46. The molecule has 0 aromatic carbocycles. The van der Waals surface area contributed by atoms with Gasteiger partial charge in [0.15, 0.2) is 0 Å². The van der Waals surface area contributed by atoms with Crippen molar-refractivity contribution in [2.75, 3.05) is 5.32 Å². The fourth-order valence-electron chi connectivity index (χ4n) is 1.26. The lowest BCUT2D eigenvalue weighted by Gasteiger charge is -2.05. The molecular weight excluding hydrogens is 223 g/mol. The van der Waals surface area contributed by atoms with Gasteiger partial charge in [-0.05, 0) is 35.0 Å². The van der Waals surface area contributed by atoms with E-state index in [2.05, 4.69) is 34.1 Å². The molecule has 1 N–H and O–H groups in total.